The number of rotatable bonds is 7. The fourth-order valence-electron chi connectivity index (χ4n) is 5.76. The predicted molar refractivity (Wildman–Crippen MR) is 167 cm³/mol. The maximum atomic E-state index is 12.7. The van der Waals surface area contributed by atoms with Gasteiger partial charge in [0, 0.05) is 55.4 Å². The molecule has 2 aliphatic heterocycles. The average molecular weight is 582 g/mol. The third-order valence-electron chi connectivity index (χ3n) is 8.09. The number of halogens is 1. The molecule has 4 aromatic rings. The van der Waals surface area contributed by atoms with Gasteiger partial charge in [0.05, 0.1) is 17.8 Å². The lowest BCUT2D eigenvalue weighted by Crippen LogP contribution is -2.43. The number of aliphatic imine (C=N–C) groups is 1. The minimum atomic E-state index is -0.492. The summed E-state index contributed by atoms with van der Waals surface area (Å²) in [6, 6.07) is 22.5. The Morgan fingerprint density at radius 1 is 0.929 bits per heavy atom. The van der Waals surface area contributed by atoms with E-state index < -0.39 is 6.04 Å². The molecular formula is C33H36ClN7O. The van der Waals surface area contributed by atoms with Gasteiger partial charge in [0.1, 0.15) is 11.9 Å². The molecule has 0 spiro atoms. The van der Waals surface area contributed by atoms with Gasteiger partial charge in [0.15, 0.2) is 5.82 Å². The number of benzene rings is 3. The van der Waals surface area contributed by atoms with E-state index in [1.54, 1.807) is 0 Å². The molecule has 8 nitrogen and oxygen atoms in total. The third kappa shape index (κ3) is 5.88. The van der Waals surface area contributed by atoms with Crippen LogP contribution in [0.1, 0.15) is 47.7 Å². The predicted octanol–water partition coefficient (Wildman–Crippen LogP) is 5.06. The maximum absolute atomic E-state index is 12.7. The van der Waals surface area contributed by atoms with Crippen molar-refractivity contribution in [2.24, 2.45) is 4.99 Å². The highest BCUT2D eigenvalue weighted by Gasteiger charge is 2.30. The summed E-state index contributed by atoms with van der Waals surface area (Å²) < 4.78 is 2.04. The highest BCUT2D eigenvalue weighted by molar-refractivity contribution is 6.30. The minimum absolute atomic E-state index is 0.0720. The van der Waals surface area contributed by atoms with Crippen molar-refractivity contribution < 1.29 is 4.79 Å². The van der Waals surface area contributed by atoms with E-state index in [1.807, 2.05) is 42.7 Å². The van der Waals surface area contributed by atoms with Crippen molar-refractivity contribution in [1.29, 1.82) is 0 Å². The largest absolute Gasteiger partial charge is 0.356 e. The molecule has 0 radical (unpaired) electrons. The molecular weight excluding hydrogens is 546 g/mol. The second kappa shape index (κ2) is 12.2. The van der Waals surface area contributed by atoms with Crippen LogP contribution < -0.4 is 5.32 Å². The summed E-state index contributed by atoms with van der Waals surface area (Å²) in [5.74, 6) is 1.34. The fourth-order valence-corrected chi connectivity index (χ4v) is 5.89. The molecule has 3 aromatic carbocycles. The molecule has 1 saturated heterocycles. The molecule has 3 heterocycles. The smallest absolute Gasteiger partial charge is 0.222 e. The lowest BCUT2D eigenvalue weighted by atomic mass is 9.95. The summed E-state index contributed by atoms with van der Waals surface area (Å²) in [5.41, 5.74) is 7.18. The van der Waals surface area contributed by atoms with Gasteiger partial charge in [-0.1, -0.05) is 54.1 Å². The van der Waals surface area contributed by atoms with E-state index in [2.05, 4.69) is 74.8 Å². The molecule has 1 aromatic heterocycles. The topological polar surface area (TPSA) is 78.7 Å². The number of piperazine rings is 1. The van der Waals surface area contributed by atoms with Gasteiger partial charge in [-0.05, 0) is 61.9 Å². The zero-order valence-corrected chi connectivity index (χ0v) is 25.1. The molecule has 1 amide bonds. The van der Waals surface area contributed by atoms with Gasteiger partial charge in [-0.25, -0.2) is 0 Å². The van der Waals surface area contributed by atoms with Crippen LogP contribution in [-0.4, -0.2) is 76.0 Å². The number of fused-ring (bicyclic) bond motifs is 3. The molecule has 0 saturated carbocycles. The summed E-state index contributed by atoms with van der Waals surface area (Å²) in [6.07, 6.45) is 0.179. The van der Waals surface area contributed by atoms with Crippen LogP contribution in [0.2, 0.25) is 5.02 Å². The molecule has 42 heavy (non-hydrogen) atoms. The Bertz CT molecular complexity index is 1600. The van der Waals surface area contributed by atoms with Gasteiger partial charge in [-0.15, -0.1) is 10.2 Å². The van der Waals surface area contributed by atoms with Gasteiger partial charge in [-0.2, -0.15) is 0 Å². The number of aromatic nitrogens is 3. The number of hydrogen-bond donors (Lipinski definition) is 1. The second-order valence-corrected chi connectivity index (χ2v) is 11.5. The van der Waals surface area contributed by atoms with Crippen LogP contribution in [0.3, 0.4) is 0 Å². The van der Waals surface area contributed by atoms with Gasteiger partial charge in [-0.3, -0.25) is 19.3 Å². The summed E-state index contributed by atoms with van der Waals surface area (Å²) in [4.78, 5) is 22.8. The zero-order chi connectivity index (χ0) is 29.2. The first-order valence-corrected chi connectivity index (χ1v) is 14.9. The summed E-state index contributed by atoms with van der Waals surface area (Å²) in [5, 5.41) is 12.4. The van der Waals surface area contributed by atoms with Crippen molar-refractivity contribution in [3.8, 4) is 16.8 Å². The number of likely N-dealkylation sites (N-methyl/N-ethyl adjacent to an activating group) is 1. The average Bonchev–Trinajstić information content (AvgIpc) is 3.32. The van der Waals surface area contributed by atoms with E-state index in [0.29, 0.717) is 17.4 Å². The number of nitrogens with zero attached hydrogens (tertiary/aromatic N) is 6. The monoisotopic (exact) mass is 581 g/mol. The maximum Gasteiger partial charge on any atom is 0.222 e. The first-order valence-electron chi connectivity index (χ1n) is 14.6. The Kier molecular flexibility index (Phi) is 8.20. The van der Waals surface area contributed by atoms with Crippen molar-refractivity contribution >= 4 is 23.2 Å². The molecule has 216 valence electrons. The van der Waals surface area contributed by atoms with Crippen LogP contribution in [0.15, 0.2) is 71.7 Å². The Morgan fingerprint density at radius 2 is 1.62 bits per heavy atom. The van der Waals surface area contributed by atoms with Crippen molar-refractivity contribution in [1.82, 2.24) is 29.9 Å². The quantitative estimate of drug-likeness (QED) is 0.330. The molecule has 2 aliphatic rings. The van der Waals surface area contributed by atoms with Gasteiger partial charge in [0.25, 0.3) is 0 Å². The van der Waals surface area contributed by atoms with Crippen molar-refractivity contribution in [3.05, 3.63) is 100 Å². The van der Waals surface area contributed by atoms with Crippen LogP contribution in [0.25, 0.3) is 16.8 Å². The van der Waals surface area contributed by atoms with E-state index in [0.717, 1.165) is 72.2 Å². The fraction of sp³-hybridized carbons (Fsp3) is 0.333. The summed E-state index contributed by atoms with van der Waals surface area (Å²) >= 11 is 6.26. The Balaban J connectivity index is 1.40. The van der Waals surface area contributed by atoms with Crippen molar-refractivity contribution in [3.63, 3.8) is 0 Å². The third-order valence-corrected chi connectivity index (χ3v) is 8.34. The lowest BCUT2D eigenvalue weighted by Gasteiger charge is -2.32. The number of amides is 1. The molecule has 9 heteroatoms. The number of aryl methyl sites for hydroxylation is 1. The van der Waals surface area contributed by atoms with Crippen molar-refractivity contribution in [2.75, 3.05) is 39.8 Å². The van der Waals surface area contributed by atoms with Crippen molar-refractivity contribution in [2.45, 2.75) is 32.9 Å². The molecule has 1 fully saturated rings. The van der Waals surface area contributed by atoms with Crippen LogP contribution in [0.4, 0.5) is 0 Å². The van der Waals surface area contributed by atoms with E-state index in [1.165, 1.54) is 5.56 Å². The highest BCUT2D eigenvalue weighted by Crippen LogP contribution is 2.35. The molecule has 0 aliphatic carbocycles. The zero-order valence-electron chi connectivity index (χ0n) is 24.3. The lowest BCUT2D eigenvalue weighted by molar-refractivity contribution is -0.121. The number of nitrogens with one attached hydrogen (secondary N) is 1. The molecule has 0 bridgehead atoms. The standard InChI is InChI=1S/C33H36ClN7O/c1-4-35-31(42)20-29-33-38-37-22(2)41(33)30-14-11-26(19-28(30)32(36-29)25-9-12-27(34)13-10-25)24-7-5-23(6-8-24)21-40-17-15-39(3)16-18-40/h5-14,19,29H,4,15-18,20-21H2,1-3H3,(H,35,42)/t29-/m0/s1. The van der Waals surface area contributed by atoms with Gasteiger partial charge in [0.2, 0.25) is 5.91 Å². The summed E-state index contributed by atoms with van der Waals surface area (Å²) in [6.45, 7) is 9.80. The molecule has 1 atom stereocenters. The number of carbonyl (C=O) groups is 1. The molecule has 6 rings (SSSR count). The van der Waals surface area contributed by atoms with E-state index in [-0.39, 0.29) is 12.3 Å². The summed E-state index contributed by atoms with van der Waals surface area (Å²) in [7, 11) is 2.19. The Morgan fingerprint density at radius 3 is 2.33 bits per heavy atom. The Hall–Kier alpha value is -3.85. The first kappa shape index (κ1) is 28.3. The molecule has 0 unspecified atom stereocenters. The normalized spacial score (nSPS) is 17.2. The van der Waals surface area contributed by atoms with E-state index >= 15 is 0 Å². The van der Waals surface area contributed by atoms with Gasteiger partial charge < -0.3 is 10.2 Å². The van der Waals surface area contributed by atoms with Gasteiger partial charge >= 0.3 is 0 Å². The highest BCUT2D eigenvalue weighted by atomic mass is 35.5. The second-order valence-electron chi connectivity index (χ2n) is 11.1. The minimum Gasteiger partial charge on any atom is -0.356 e. The SMILES string of the molecule is CCNC(=O)C[C@@H]1N=C(c2ccc(Cl)cc2)c2cc(-c3ccc(CN4CCN(C)CC4)cc3)ccc2-n2c(C)nnc21. The van der Waals surface area contributed by atoms with Crippen LogP contribution >= 0.6 is 11.6 Å². The van der Waals surface area contributed by atoms with Crippen LogP contribution in [-0.2, 0) is 11.3 Å². The van der Waals surface area contributed by atoms with E-state index in [4.69, 9.17) is 16.6 Å². The first-order chi connectivity index (χ1) is 20.4. The number of hydrogen-bond acceptors (Lipinski definition) is 6. The Labute approximate surface area is 252 Å². The number of carbonyl (C=O) groups excluding carboxylic acids is 1. The van der Waals surface area contributed by atoms with Crippen LogP contribution in [0.5, 0.6) is 0 Å². The van der Waals surface area contributed by atoms with E-state index in [9.17, 15) is 4.79 Å². The van der Waals surface area contributed by atoms with Crippen LogP contribution in [0, 0.1) is 6.92 Å². The molecule has 1 N–H and O–H groups in total.